The zero-order valence-electron chi connectivity index (χ0n) is 24.5. The van der Waals surface area contributed by atoms with Crippen molar-refractivity contribution in [3.05, 3.63) is 46.7 Å². The lowest BCUT2D eigenvalue weighted by Gasteiger charge is -2.43. The van der Waals surface area contributed by atoms with Crippen LogP contribution in [0.4, 0.5) is 0 Å². The number of carbonyl (C=O) groups is 2. The number of Topliss-reactive ketones (excluding diaryl/α,β-unsaturated/α-hetero) is 1. The maximum absolute atomic E-state index is 13.7. The molecule has 1 saturated carbocycles. The number of rotatable bonds is 9. The molecule has 0 amide bonds. The van der Waals surface area contributed by atoms with E-state index in [2.05, 4.69) is 72.3 Å². The molecule has 1 aliphatic carbocycles. The first-order valence-electron chi connectivity index (χ1n) is 14.9. The summed E-state index contributed by atoms with van der Waals surface area (Å²) >= 11 is 0. The van der Waals surface area contributed by atoms with Crippen molar-refractivity contribution in [2.45, 2.75) is 103 Å². The van der Waals surface area contributed by atoms with E-state index in [4.69, 9.17) is 4.74 Å². The molecule has 1 N–H and O–H groups in total. The summed E-state index contributed by atoms with van der Waals surface area (Å²) in [6, 6.07) is 6.81. The van der Waals surface area contributed by atoms with Crippen molar-refractivity contribution in [1.82, 2.24) is 15.1 Å². The van der Waals surface area contributed by atoms with E-state index in [9.17, 15) is 9.59 Å². The lowest BCUT2D eigenvalue weighted by molar-refractivity contribution is -0.186. The Hall–Kier alpha value is -2.51. The van der Waals surface area contributed by atoms with Crippen LogP contribution in [0.25, 0.3) is 0 Å². The molecule has 4 atom stereocenters. The molecule has 0 spiro atoms. The summed E-state index contributed by atoms with van der Waals surface area (Å²) in [6.07, 6.45) is 9.70. The van der Waals surface area contributed by atoms with Crippen LogP contribution in [-0.4, -0.2) is 65.8 Å². The molecule has 3 aliphatic heterocycles. The molecule has 3 heterocycles. The standard InChI is InChI=1S/C32H46N4O3/c1-6-24-16-23(11-12-25(24)19-35(4)5)13-14-32(26-9-7-8-10-26)18-29(37)28(30(38)39-32)17-27-20-36-22(3)15-21(2)33-31(36)34-27/h11-12,15-16,26-28,31,34H,6-10,13-14,17-20H2,1-5H3. The van der Waals surface area contributed by atoms with E-state index < -0.39 is 11.5 Å². The van der Waals surface area contributed by atoms with Gasteiger partial charge in [-0.2, -0.15) is 0 Å². The third kappa shape index (κ3) is 5.99. The van der Waals surface area contributed by atoms with Crippen LogP contribution in [0.3, 0.4) is 0 Å². The maximum atomic E-state index is 13.7. The van der Waals surface area contributed by atoms with Gasteiger partial charge in [0.1, 0.15) is 11.5 Å². The molecule has 4 aliphatic rings. The van der Waals surface area contributed by atoms with Crippen molar-refractivity contribution >= 4 is 17.5 Å². The Balaban J connectivity index is 1.28. The number of aryl methyl sites for hydroxylation is 2. The Bertz CT molecular complexity index is 1130. The zero-order valence-corrected chi connectivity index (χ0v) is 24.5. The third-order valence-corrected chi connectivity index (χ3v) is 9.34. The van der Waals surface area contributed by atoms with Crippen LogP contribution >= 0.6 is 0 Å². The fraction of sp³-hybridized carbons (Fsp3) is 0.656. The molecule has 1 aromatic rings. The minimum Gasteiger partial charge on any atom is -0.458 e. The molecule has 1 aromatic carbocycles. The first-order valence-corrected chi connectivity index (χ1v) is 14.9. The summed E-state index contributed by atoms with van der Waals surface area (Å²) in [4.78, 5) is 36.3. The molecule has 7 nitrogen and oxygen atoms in total. The normalized spacial score (nSPS) is 29.5. The maximum Gasteiger partial charge on any atom is 0.317 e. The van der Waals surface area contributed by atoms with Crippen molar-refractivity contribution in [1.29, 1.82) is 0 Å². The topological polar surface area (TPSA) is 74.2 Å². The number of ketones is 1. The predicted molar refractivity (Wildman–Crippen MR) is 154 cm³/mol. The molecular formula is C32H46N4O3. The Morgan fingerprint density at radius 3 is 2.62 bits per heavy atom. The minimum atomic E-state index is -0.690. The van der Waals surface area contributed by atoms with Crippen LogP contribution in [0, 0.1) is 11.8 Å². The molecule has 2 saturated heterocycles. The first-order chi connectivity index (χ1) is 18.7. The highest BCUT2D eigenvalue weighted by Gasteiger charge is 2.52. The number of ether oxygens (including phenoxy) is 1. The predicted octanol–water partition coefficient (Wildman–Crippen LogP) is 4.63. The van der Waals surface area contributed by atoms with Gasteiger partial charge in [-0.3, -0.25) is 19.9 Å². The molecule has 0 radical (unpaired) electrons. The van der Waals surface area contributed by atoms with Crippen molar-refractivity contribution < 1.29 is 14.3 Å². The summed E-state index contributed by atoms with van der Waals surface area (Å²) in [5, 5.41) is 3.53. The third-order valence-electron chi connectivity index (χ3n) is 9.34. The van der Waals surface area contributed by atoms with Crippen LogP contribution in [0.5, 0.6) is 0 Å². The summed E-state index contributed by atoms with van der Waals surface area (Å²) in [5.41, 5.74) is 5.50. The van der Waals surface area contributed by atoms with Crippen molar-refractivity contribution in [2.75, 3.05) is 20.6 Å². The first kappa shape index (κ1) is 28.0. The Morgan fingerprint density at radius 2 is 1.92 bits per heavy atom. The summed E-state index contributed by atoms with van der Waals surface area (Å²) in [6.45, 7) is 7.97. The van der Waals surface area contributed by atoms with Gasteiger partial charge in [0.25, 0.3) is 0 Å². The molecule has 0 aromatic heterocycles. The highest BCUT2D eigenvalue weighted by atomic mass is 16.6. The molecule has 5 rings (SSSR count). The zero-order chi connectivity index (χ0) is 27.7. The van der Waals surface area contributed by atoms with Gasteiger partial charge in [-0.15, -0.1) is 0 Å². The van der Waals surface area contributed by atoms with Crippen LogP contribution in [-0.2, 0) is 33.7 Å². The number of nitrogens with zero attached hydrogens (tertiary/aromatic N) is 3. The van der Waals surface area contributed by atoms with Crippen LogP contribution in [0.1, 0.15) is 82.4 Å². The molecular weight excluding hydrogens is 488 g/mol. The van der Waals surface area contributed by atoms with Crippen LogP contribution < -0.4 is 5.32 Å². The molecule has 39 heavy (non-hydrogen) atoms. The van der Waals surface area contributed by atoms with Gasteiger partial charge in [-0.05, 0) is 95.2 Å². The average molecular weight is 535 g/mol. The summed E-state index contributed by atoms with van der Waals surface area (Å²) in [5.74, 6) is -0.668. The number of aliphatic imine (C=N–C) groups is 1. The van der Waals surface area contributed by atoms with E-state index in [1.54, 1.807) is 0 Å². The minimum absolute atomic E-state index is 0.0293. The van der Waals surface area contributed by atoms with Crippen LogP contribution in [0.2, 0.25) is 0 Å². The lowest BCUT2D eigenvalue weighted by Crippen LogP contribution is -2.52. The van der Waals surface area contributed by atoms with Gasteiger partial charge in [-0.25, -0.2) is 0 Å². The highest BCUT2D eigenvalue weighted by Crippen LogP contribution is 2.45. The monoisotopic (exact) mass is 534 g/mol. The fourth-order valence-electron chi connectivity index (χ4n) is 7.30. The van der Waals surface area contributed by atoms with E-state index in [1.165, 1.54) is 22.4 Å². The van der Waals surface area contributed by atoms with Gasteiger partial charge in [0.2, 0.25) is 0 Å². The summed E-state index contributed by atoms with van der Waals surface area (Å²) in [7, 11) is 4.20. The number of carbonyl (C=O) groups excluding carboxylic acids is 2. The lowest BCUT2D eigenvalue weighted by atomic mass is 9.73. The molecule has 4 unspecified atom stereocenters. The van der Waals surface area contributed by atoms with Gasteiger partial charge in [0, 0.05) is 37.0 Å². The number of fused-ring (bicyclic) bond motifs is 1. The van der Waals surface area contributed by atoms with Gasteiger partial charge < -0.3 is 14.5 Å². The van der Waals surface area contributed by atoms with Gasteiger partial charge in [0.15, 0.2) is 12.1 Å². The SMILES string of the molecule is CCc1cc(CCC2(C3CCCC3)CC(=O)C(CC3CN4C(C)=CC(C)=NC4N3)C(=O)O2)ccc1CN(C)C. The number of esters is 1. The second kappa shape index (κ2) is 11.5. The quantitative estimate of drug-likeness (QED) is 0.368. The number of allylic oxidation sites excluding steroid dienone is 2. The number of cyclic esters (lactones) is 1. The van der Waals surface area contributed by atoms with E-state index >= 15 is 0 Å². The number of nitrogens with one attached hydrogen (secondary N) is 1. The molecule has 0 bridgehead atoms. The Labute approximate surface area is 234 Å². The van der Waals surface area contributed by atoms with Gasteiger partial charge in [-0.1, -0.05) is 38.0 Å². The van der Waals surface area contributed by atoms with E-state index in [-0.39, 0.29) is 30.0 Å². The fourth-order valence-corrected chi connectivity index (χ4v) is 7.30. The number of benzene rings is 1. The van der Waals surface area contributed by atoms with Crippen molar-refractivity contribution in [3.8, 4) is 0 Å². The smallest absolute Gasteiger partial charge is 0.317 e. The van der Waals surface area contributed by atoms with E-state index in [0.29, 0.717) is 19.3 Å². The number of hydrogen-bond donors (Lipinski definition) is 1. The van der Waals surface area contributed by atoms with Crippen molar-refractivity contribution in [2.24, 2.45) is 16.8 Å². The Morgan fingerprint density at radius 1 is 1.15 bits per heavy atom. The average Bonchev–Trinajstić information content (AvgIpc) is 3.56. The van der Waals surface area contributed by atoms with Crippen LogP contribution in [0.15, 0.2) is 35.0 Å². The molecule has 7 heteroatoms. The molecule has 212 valence electrons. The highest BCUT2D eigenvalue weighted by molar-refractivity contribution is 6.01. The van der Waals surface area contributed by atoms with Gasteiger partial charge >= 0.3 is 5.97 Å². The second-order valence-corrected chi connectivity index (χ2v) is 12.5. The summed E-state index contributed by atoms with van der Waals surface area (Å²) < 4.78 is 6.42. The largest absolute Gasteiger partial charge is 0.458 e. The Kier molecular flexibility index (Phi) is 8.29. The van der Waals surface area contributed by atoms with Gasteiger partial charge in [0.05, 0.1) is 0 Å². The van der Waals surface area contributed by atoms with E-state index in [0.717, 1.165) is 57.3 Å². The van der Waals surface area contributed by atoms with E-state index in [1.807, 2.05) is 6.92 Å². The number of hydrogen-bond acceptors (Lipinski definition) is 7. The second-order valence-electron chi connectivity index (χ2n) is 12.5. The van der Waals surface area contributed by atoms with Crippen molar-refractivity contribution in [3.63, 3.8) is 0 Å². The molecule has 3 fully saturated rings.